The molecule has 0 aliphatic heterocycles. The van der Waals surface area contributed by atoms with Crippen LogP contribution in [0.4, 0.5) is 0 Å². The highest BCUT2D eigenvalue weighted by atomic mass is 16.2. The van der Waals surface area contributed by atoms with Gasteiger partial charge in [-0.2, -0.15) is 0 Å². The Morgan fingerprint density at radius 1 is 1.47 bits per heavy atom. The molecule has 0 aliphatic rings. The molecule has 0 fully saturated rings. The van der Waals surface area contributed by atoms with Crippen LogP contribution in [0.2, 0.25) is 0 Å². The minimum atomic E-state index is -0.0787. The summed E-state index contributed by atoms with van der Waals surface area (Å²) >= 11 is 0. The molecule has 6 nitrogen and oxygen atoms in total. The van der Waals surface area contributed by atoms with Gasteiger partial charge < -0.3 is 14.9 Å². The Kier molecular flexibility index (Phi) is 3.99. The number of nitrogens with zero attached hydrogens (tertiary/aromatic N) is 3. The second-order valence-corrected chi connectivity index (χ2v) is 4.58. The number of nitrogens with one attached hydrogen (secondary N) is 2. The molecule has 19 heavy (non-hydrogen) atoms. The molecule has 0 aliphatic carbocycles. The number of amides is 1. The SMILES string of the molecule is CC[C@H](NC(=O)Cn1ccnc1C)c1ncc(C)[nH]1. The van der Waals surface area contributed by atoms with Crippen molar-refractivity contribution in [3.8, 4) is 0 Å². The molecule has 1 amide bonds. The average molecular weight is 261 g/mol. The van der Waals surface area contributed by atoms with E-state index in [4.69, 9.17) is 0 Å². The van der Waals surface area contributed by atoms with Crippen molar-refractivity contribution in [3.05, 3.63) is 35.9 Å². The first-order chi connectivity index (χ1) is 9.10. The van der Waals surface area contributed by atoms with Gasteiger partial charge in [-0.3, -0.25) is 4.79 Å². The zero-order valence-electron chi connectivity index (χ0n) is 11.5. The van der Waals surface area contributed by atoms with Crippen molar-refractivity contribution in [2.24, 2.45) is 0 Å². The van der Waals surface area contributed by atoms with Crippen LogP contribution in [0.1, 0.15) is 36.7 Å². The minimum Gasteiger partial charge on any atom is -0.345 e. The topological polar surface area (TPSA) is 75.6 Å². The van der Waals surface area contributed by atoms with Crippen LogP contribution in [0.25, 0.3) is 0 Å². The molecule has 0 radical (unpaired) electrons. The van der Waals surface area contributed by atoms with Crippen LogP contribution in [-0.4, -0.2) is 25.4 Å². The van der Waals surface area contributed by atoms with Crippen molar-refractivity contribution in [1.29, 1.82) is 0 Å². The fraction of sp³-hybridized carbons (Fsp3) is 0.462. The van der Waals surface area contributed by atoms with E-state index in [2.05, 4.69) is 20.3 Å². The van der Waals surface area contributed by atoms with Gasteiger partial charge in [-0.05, 0) is 20.3 Å². The maximum absolute atomic E-state index is 12.0. The summed E-state index contributed by atoms with van der Waals surface area (Å²) in [6.45, 7) is 6.12. The zero-order valence-corrected chi connectivity index (χ0v) is 11.5. The summed E-state index contributed by atoms with van der Waals surface area (Å²) in [5.74, 6) is 1.59. The van der Waals surface area contributed by atoms with Crippen LogP contribution in [0.15, 0.2) is 18.6 Å². The van der Waals surface area contributed by atoms with E-state index in [0.29, 0.717) is 0 Å². The summed E-state index contributed by atoms with van der Waals surface area (Å²) in [7, 11) is 0. The maximum atomic E-state index is 12.0. The standard InChI is InChI=1S/C13H19N5O/c1-4-11(13-15-7-9(2)16-13)17-12(19)8-18-6-5-14-10(18)3/h5-7,11H,4,8H2,1-3H3,(H,15,16)(H,17,19)/t11-/m0/s1. The molecule has 2 aromatic heterocycles. The van der Waals surface area contributed by atoms with Gasteiger partial charge in [-0.25, -0.2) is 9.97 Å². The number of aromatic amines is 1. The highest BCUT2D eigenvalue weighted by Gasteiger charge is 2.15. The smallest absolute Gasteiger partial charge is 0.240 e. The van der Waals surface area contributed by atoms with E-state index in [1.807, 2.05) is 25.3 Å². The Morgan fingerprint density at radius 3 is 2.79 bits per heavy atom. The first-order valence-electron chi connectivity index (χ1n) is 6.38. The number of carbonyl (C=O) groups excluding carboxylic acids is 1. The van der Waals surface area contributed by atoms with Crippen molar-refractivity contribution in [3.63, 3.8) is 0 Å². The predicted molar refractivity (Wildman–Crippen MR) is 71.5 cm³/mol. The van der Waals surface area contributed by atoms with Gasteiger partial charge in [-0.1, -0.05) is 6.92 Å². The van der Waals surface area contributed by atoms with E-state index in [9.17, 15) is 4.79 Å². The largest absolute Gasteiger partial charge is 0.345 e. The number of aryl methyl sites for hydroxylation is 2. The van der Waals surface area contributed by atoms with Gasteiger partial charge in [0.15, 0.2) is 0 Å². The van der Waals surface area contributed by atoms with Crippen LogP contribution < -0.4 is 5.32 Å². The molecule has 0 bridgehead atoms. The molecule has 0 aromatic carbocycles. The van der Waals surface area contributed by atoms with E-state index in [-0.39, 0.29) is 18.5 Å². The van der Waals surface area contributed by atoms with Gasteiger partial charge in [0, 0.05) is 24.3 Å². The van der Waals surface area contributed by atoms with Gasteiger partial charge in [0.05, 0.1) is 6.04 Å². The number of H-pyrrole nitrogens is 1. The van der Waals surface area contributed by atoms with Gasteiger partial charge in [0.25, 0.3) is 0 Å². The molecule has 1 atom stereocenters. The first-order valence-corrected chi connectivity index (χ1v) is 6.38. The molecule has 0 saturated heterocycles. The zero-order chi connectivity index (χ0) is 13.8. The van der Waals surface area contributed by atoms with E-state index in [1.54, 1.807) is 18.6 Å². The second-order valence-electron chi connectivity index (χ2n) is 4.58. The van der Waals surface area contributed by atoms with E-state index >= 15 is 0 Å². The quantitative estimate of drug-likeness (QED) is 0.856. The van der Waals surface area contributed by atoms with Gasteiger partial charge in [0.1, 0.15) is 18.2 Å². The van der Waals surface area contributed by atoms with Crippen molar-refractivity contribution >= 4 is 5.91 Å². The van der Waals surface area contributed by atoms with Crippen molar-refractivity contribution in [2.45, 2.75) is 39.8 Å². The Bertz CT molecular complexity index is 557. The predicted octanol–water partition coefficient (Wildman–Crippen LogP) is 1.49. The third kappa shape index (κ3) is 3.21. The summed E-state index contributed by atoms with van der Waals surface area (Å²) < 4.78 is 1.81. The van der Waals surface area contributed by atoms with E-state index in [1.165, 1.54) is 0 Å². The molecule has 2 N–H and O–H groups in total. The number of aromatic nitrogens is 4. The van der Waals surface area contributed by atoms with Gasteiger partial charge in [-0.15, -0.1) is 0 Å². The fourth-order valence-corrected chi connectivity index (χ4v) is 1.94. The highest BCUT2D eigenvalue weighted by molar-refractivity contribution is 5.76. The Labute approximate surface area is 112 Å². The Morgan fingerprint density at radius 2 is 2.26 bits per heavy atom. The number of carbonyl (C=O) groups is 1. The van der Waals surface area contributed by atoms with Crippen LogP contribution in [-0.2, 0) is 11.3 Å². The van der Waals surface area contributed by atoms with Crippen LogP contribution >= 0.6 is 0 Å². The summed E-state index contributed by atoms with van der Waals surface area (Å²) in [6, 6.07) is -0.0787. The second kappa shape index (κ2) is 5.69. The normalized spacial score (nSPS) is 12.4. The first kappa shape index (κ1) is 13.3. The molecule has 0 unspecified atom stereocenters. The lowest BCUT2D eigenvalue weighted by molar-refractivity contribution is -0.122. The number of hydrogen-bond donors (Lipinski definition) is 2. The van der Waals surface area contributed by atoms with Crippen molar-refractivity contribution < 1.29 is 4.79 Å². The summed E-state index contributed by atoms with van der Waals surface area (Å²) in [4.78, 5) is 23.5. The Balaban J connectivity index is 1.99. The molecular formula is C13H19N5O. The van der Waals surface area contributed by atoms with Crippen molar-refractivity contribution in [2.75, 3.05) is 0 Å². The number of imidazole rings is 2. The van der Waals surface area contributed by atoms with Gasteiger partial charge >= 0.3 is 0 Å². The lowest BCUT2D eigenvalue weighted by Gasteiger charge is -2.15. The molecule has 6 heteroatoms. The number of hydrogen-bond acceptors (Lipinski definition) is 3. The molecule has 102 valence electrons. The fourth-order valence-electron chi connectivity index (χ4n) is 1.94. The van der Waals surface area contributed by atoms with Crippen LogP contribution in [0, 0.1) is 13.8 Å². The van der Waals surface area contributed by atoms with E-state index < -0.39 is 0 Å². The van der Waals surface area contributed by atoms with Crippen molar-refractivity contribution in [1.82, 2.24) is 24.8 Å². The van der Waals surface area contributed by atoms with Crippen LogP contribution in [0.3, 0.4) is 0 Å². The third-order valence-corrected chi connectivity index (χ3v) is 3.03. The average Bonchev–Trinajstić information content (AvgIpc) is 2.96. The van der Waals surface area contributed by atoms with Crippen LogP contribution in [0.5, 0.6) is 0 Å². The number of rotatable bonds is 5. The molecule has 2 aromatic rings. The monoisotopic (exact) mass is 261 g/mol. The minimum absolute atomic E-state index is 0.0398. The molecule has 2 rings (SSSR count). The lowest BCUT2D eigenvalue weighted by atomic mass is 10.2. The van der Waals surface area contributed by atoms with E-state index in [0.717, 1.165) is 23.8 Å². The summed E-state index contributed by atoms with van der Waals surface area (Å²) in [6.07, 6.45) is 6.05. The maximum Gasteiger partial charge on any atom is 0.240 e. The molecule has 0 saturated carbocycles. The highest BCUT2D eigenvalue weighted by Crippen LogP contribution is 2.12. The van der Waals surface area contributed by atoms with Gasteiger partial charge in [0.2, 0.25) is 5.91 Å². The molecule has 0 spiro atoms. The lowest BCUT2D eigenvalue weighted by Crippen LogP contribution is -2.32. The molecule has 2 heterocycles. The summed E-state index contributed by atoms with van der Waals surface area (Å²) in [5.41, 5.74) is 0.994. The third-order valence-electron chi connectivity index (χ3n) is 3.03. The summed E-state index contributed by atoms with van der Waals surface area (Å²) in [5, 5.41) is 2.98. The molecular weight excluding hydrogens is 242 g/mol. The Hall–Kier alpha value is -2.11.